The number of aryl methyl sites for hydroxylation is 1. The minimum atomic E-state index is -0.477. The van der Waals surface area contributed by atoms with Crippen LogP contribution >= 0.6 is 30.7 Å². The zero-order valence-corrected chi connectivity index (χ0v) is 19.4. The van der Waals surface area contributed by atoms with Crippen LogP contribution in [0.4, 0.5) is 5.69 Å². The van der Waals surface area contributed by atoms with Gasteiger partial charge in [-0.25, -0.2) is 0 Å². The molecule has 2 heterocycles. The van der Waals surface area contributed by atoms with Gasteiger partial charge in [-0.3, -0.25) is 9.69 Å². The Morgan fingerprint density at radius 3 is 2.66 bits per heavy atom. The number of nitrogens with zero attached hydrogens (tertiary/aromatic N) is 2. The molecule has 0 bridgehead atoms. The summed E-state index contributed by atoms with van der Waals surface area (Å²) >= 11 is 12.5. The van der Waals surface area contributed by atoms with Gasteiger partial charge in [0.05, 0.1) is 27.6 Å². The van der Waals surface area contributed by atoms with Gasteiger partial charge in [0.2, 0.25) is 5.44 Å². The third kappa shape index (κ3) is 5.55. The normalized spacial score (nSPS) is 15.4. The molecule has 29 heavy (non-hydrogen) atoms. The number of carbonyl (C=O) groups is 1. The van der Waals surface area contributed by atoms with Gasteiger partial charge in [0, 0.05) is 44.5 Å². The van der Waals surface area contributed by atoms with E-state index in [2.05, 4.69) is 33.1 Å². The van der Waals surface area contributed by atoms with Crippen molar-refractivity contribution in [3.05, 3.63) is 45.6 Å². The summed E-state index contributed by atoms with van der Waals surface area (Å²) in [6, 6.07) is 7.70. The van der Waals surface area contributed by atoms with Crippen LogP contribution in [0.5, 0.6) is 0 Å². The third-order valence-corrected chi connectivity index (χ3v) is 7.11. The van der Waals surface area contributed by atoms with Crippen molar-refractivity contribution < 1.29 is 4.79 Å². The van der Waals surface area contributed by atoms with Crippen LogP contribution in [0, 0.1) is 6.92 Å². The fraction of sp³-hybridized carbons (Fsp3) is 0.429. The molecule has 1 aliphatic heterocycles. The number of carbonyl (C=O) groups excluding carboxylic acids is 1. The van der Waals surface area contributed by atoms with E-state index in [9.17, 15) is 4.79 Å². The van der Waals surface area contributed by atoms with Crippen molar-refractivity contribution in [2.24, 2.45) is 0 Å². The number of anilines is 1. The van der Waals surface area contributed by atoms with Crippen LogP contribution in [0.2, 0.25) is 10.0 Å². The SMILES string of the molecule is C=[P+](C)c1cc(C(=O)NCCCN2CCN(c3cccc(Cl)c3Cl)CC2)c(C)[nH]1. The molecule has 1 fully saturated rings. The van der Waals surface area contributed by atoms with Crippen LogP contribution in [0.1, 0.15) is 22.5 Å². The average molecular weight is 454 g/mol. The predicted octanol–water partition coefficient (Wildman–Crippen LogP) is 3.74. The van der Waals surface area contributed by atoms with Crippen molar-refractivity contribution in [2.45, 2.75) is 13.3 Å². The number of hydrogen-bond acceptors (Lipinski definition) is 3. The number of halogens is 2. The fourth-order valence-electron chi connectivity index (χ4n) is 3.53. The average Bonchev–Trinajstić information content (AvgIpc) is 3.10. The molecule has 1 aliphatic rings. The highest BCUT2D eigenvalue weighted by molar-refractivity contribution is 7.62. The molecule has 5 nitrogen and oxygen atoms in total. The van der Waals surface area contributed by atoms with Crippen molar-refractivity contribution in [3.8, 4) is 0 Å². The van der Waals surface area contributed by atoms with Crippen LogP contribution in [-0.4, -0.2) is 68.0 Å². The molecule has 2 N–H and O–H groups in total. The van der Waals surface area contributed by atoms with E-state index in [0.717, 1.165) is 61.5 Å². The molecule has 2 aromatic rings. The monoisotopic (exact) mass is 453 g/mol. The Balaban J connectivity index is 1.40. The number of hydrogen-bond donors (Lipinski definition) is 2. The summed E-state index contributed by atoms with van der Waals surface area (Å²) in [6.45, 7) is 9.43. The van der Waals surface area contributed by atoms with E-state index in [1.165, 1.54) is 0 Å². The quantitative estimate of drug-likeness (QED) is 0.495. The second-order valence-corrected chi connectivity index (χ2v) is 10.1. The summed E-state index contributed by atoms with van der Waals surface area (Å²) < 4.78 is 0. The van der Waals surface area contributed by atoms with Crippen molar-refractivity contribution in [1.29, 1.82) is 0 Å². The third-order valence-electron chi connectivity index (χ3n) is 5.24. The molecule has 1 saturated heterocycles. The molecule has 0 radical (unpaired) electrons. The maximum absolute atomic E-state index is 12.4. The van der Waals surface area contributed by atoms with Crippen LogP contribution in [0.15, 0.2) is 24.3 Å². The molecule has 8 heteroatoms. The Labute approximate surface area is 183 Å². The van der Waals surface area contributed by atoms with Crippen LogP contribution < -0.4 is 15.7 Å². The molecular formula is C21H28Cl2N4OP+. The number of rotatable bonds is 7. The molecule has 3 rings (SSSR count). The minimum Gasteiger partial charge on any atom is -0.368 e. The Morgan fingerprint density at radius 1 is 1.28 bits per heavy atom. The summed E-state index contributed by atoms with van der Waals surface area (Å²) in [7, 11) is -0.477. The minimum absolute atomic E-state index is 0.0118. The molecule has 0 spiro atoms. The molecule has 1 unspecified atom stereocenters. The van der Waals surface area contributed by atoms with E-state index in [4.69, 9.17) is 23.2 Å². The van der Waals surface area contributed by atoms with Crippen LogP contribution in [0.3, 0.4) is 0 Å². The van der Waals surface area contributed by atoms with E-state index in [0.29, 0.717) is 16.6 Å². The molecule has 156 valence electrons. The second-order valence-electron chi connectivity index (χ2n) is 7.40. The number of aromatic amines is 1. The lowest BCUT2D eigenvalue weighted by atomic mass is 10.2. The van der Waals surface area contributed by atoms with Gasteiger partial charge in [0.15, 0.2) is 0 Å². The van der Waals surface area contributed by atoms with Gasteiger partial charge in [0.1, 0.15) is 14.2 Å². The second kappa shape index (κ2) is 9.99. The topological polar surface area (TPSA) is 51.4 Å². The molecule has 1 amide bonds. The maximum atomic E-state index is 12.4. The number of aromatic nitrogens is 1. The van der Waals surface area contributed by atoms with E-state index in [1.54, 1.807) is 0 Å². The Hall–Kier alpha value is -1.52. The van der Waals surface area contributed by atoms with Crippen molar-refractivity contribution in [3.63, 3.8) is 0 Å². The highest BCUT2D eigenvalue weighted by Gasteiger charge is 2.20. The van der Waals surface area contributed by atoms with Crippen LogP contribution in [-0.2, 0) is 0 Å². The summed E-state index contributed by atoms with van der Waals surface area (Å²) in [5.74, 6) is -0.0118. The first-order valence-electron chi connectivity index (χ1n) is 9.80. The smallest absolute Gasteiger partial charge is 0.253 e. The molecule has 1 atom stereocenters. The Morgan fingerprint density at radius 2 is 2.00 bits per heavy atom. The number of benzene rings is 1. The first-order chi connectivity index (χ1) is 13.9. The van der Waals surface area contributed by atoms with Gasteiger partial charge in [-0.05, 0) is 32.0 Å². The van der Waals surface area contributed by atoms with Gasteiger partial charge in [0.25, 0.3) is 5.91 Å². The van der Waals surface area contributed by atoms with Crippen molar-refractivity contribution >= 4 is 54.1 Å². The van der Waals surface area contributed by atoms with Crippen LogP contribution in [0.25, 0.3) is 0 Å². The summed E-state index contributed by atoms with van der Waals surface area (Å²) in [5.41, 5.74) is 3.70. The first kappa shape index (κ1) is 22.2. The first-order valence-corrected chi connectivity index (χ1v) is 12.5. The lowest BCUT2D eigenvalue weighted by Crippen LogP contribution is -2.47. The highest BCUT2D eigenvalue weighted by Crippen LogP contribution is 2.32. The van der Waals surface area contributed by atoms with E-state index in [1.807, 2.05) is 31.2 Å². The lowest BCUT2D eigenvalue weighted by molar-refractivity contribution is 0.0951. The maximum Gasteiger partial charge on any atom is 0.253 e. The zero-order chi connectivity index (χ0) is 21.0. The van der Waals surface area contributed by atoms with E-state index in [-0.39, 0.29) is 5.91 Å². The van der Waals surface area contributed by atoms with Gasteiger partial charge >= 0.3 is 0 Å². The standard InChI is InChI=1S/C21H27Cl2N4OP/c1-15-16(14-19(25-15)29(2)3)21(28)24-8-5-9-26-10-12-27(13-11-26)18-7-4-6-17(22)20(18)23/h4,6-7,14H,2,5,8-13H2,1,3H3,(H-,24,25,28)/p+1. The van der Waals surface area contributed by atoms with E-state index < -0.39 is 7.55 Å². The molecule has 1 aromatic heterocycles. The molecular weight excluding hydrogens is 426 g/mol. The summed E-state index contributed by atoms with van der Waals surface area (Å²) in [5, 5.41) is 4.26. The van der Waals surface area contributed by atoms with Crippen molar-refractivity contribution in [2.75, 3.05) is 50.8 Å². The lowest BCUT2D eigenvalue weighted by Gasteiger charge is -2.36. The number of piperazine rings is 1. The highest BCUT2D eigenvalue weighted by atomic mass is 35.5. The largest absolute Gasteiger partial charge is 0.368 e. The van der Waals surface area contributed by atoms with Gasteiger partial charge in [-0.2, -0.15) is 0 Å². The van der Waals surface area contributed by atoms with Gasteiger partial charge in [-0.15, -0.1) is 0 Å². The Kier molecular flexibility index (Phi) is 7.64. The molecule has 0 saturated carbocycles. The summed E-state index contributed by atoms with van der Waals surface area (Å²) in [4.78, 5) is 20.4. The predicted molar refractivity (Wildman–Crippen MR) is 127 cm³/mol. The number of nitrogens with one attached hydrogen (secondary N) is 2. The van der Waals surface area contributed by atoms with E-state index >= 15 is 0 Å². The summed E-state index contributed by atoms with van der Waals surface area (Å²) in [6.07, 6.45) is 4.99. The van der Waals surface area contributed by atoms with Gasteiger partial charge in [-0.1, -0.05) is 29.3 Å². The zero-order valence-electron chi connectivity index (χ0n) is 17.0. The molecule has 1 aromatic carbocycles. The fourth-order valence-corrected chi connectivity index (χ4v) is 4.65. The molecule has 0 aliphatic carbocycles. The van der Waals surface area contributed by atoms with Crippen molar-refractivity contribution in [1.82, 2.24) is 15.2 Å². The number of amides is 1. The Bertz CT molecular complexity index is 891. The van der Waals surface area contributed by atoms with Gasteiger partial charge < -0.3 is 15.2 Å². The number of H-pyrrole nitrogens is 1.